The first-order chi connectivity index (χ1) is 6.25. The molecule has 2 N–H and O–H groups in total. The van der Waals surface area contributed by atoms with E-state index in [0.29, 0.717) is 11.3 Å². The van der Waals surface area contributed by atoms with Gasteiger partial charge < -0.3 is 10.2 Å². The summed E-state index contributed by atoms with van der Waals surface area (Å²) in [5, 5.41) is 18.8. The number of rotatable bonds is 2. The maximum atomic E-state index is 10.6. The SMILES string of the molecule is O=C(O)c1ccsc1C#CCCO. The van der Waals surface area contributed by atoms with Gasteiger partial charge in [0.15, 0.2) is 0 Å². The molecule has 0 saturated heterocycles. The van der Waals surface area contributed by atoms with Gasteiger partial charge >= 0.3 is 5.97 Å². The zero-order valence-electron chi connectivity index (χ0n) is 6.78. The van der Waals surface area contributed by atoms with Crippen LogP contribution in [0, 0.1) is 11.8 Å². The van der Waals surface area contributed by atoms with Gasteiger partial charge in [-0.1, -0.05) is 11.8 Å². The van der Waals surface area contributed by atoms with E-state index in [1.807, 2.05) is 0 Å². The van der Waals surface area contributed by atoms with Crippen LogP contribution in [0.4, 0.5) is 0 Å². The van der Waals surface area contributed by atoms with Gasteiger partial charge in [-0.05, 0) is 11.4 Å². The van der Waals surface area contributed by atoms with E-state index in [9.17, 15) is 4.79 Å². The maximum absolute atomic E-state index is 10.6. The fourth-order valence-corrected chi connectivity index (χ4v) is 1.53. The first-order valence-corrected chi connectivity index (χ1v) is 4.54. The second kappa shape index (κ2) is 4.65. The minimum absolute atomic E-state index is 0.000774. The molecule has 3 nitrogen and oxygen atoms in total. The summed E-state index contributed by atoms with van der Waals surface area (Å²) < 4.78 is 0. The van der Waals surface area contributed by atoms with Gasteiger partial charge in [-0.15, -0.1) is 11.3 Å². The minimum Gasteiger partial charge on any atom is -0.478 e. The zero-order valence-corrected chi connectivity index (χ0v) is 7.60. The van der Waals surface area contributed by atoms with Crippen molar-refractivity contribution in [2.45, 2.75) is 6.42 Å². The van der Waals surface area contributed by atoms with Crippen LogP contribution >= 0.6 is 11.3 Å². The van der Waals surface area contributed by atoms with E-state index >= 15 is 0 Å². The average molecular weight is 196 g/mol. The Morgan fingerprint density at radius 2 is 2.38 bits per heavy atom. The fourth-order valence-electron chi connectivity index (χ4n) is 0.773. The molecule has 68 valence electrons. The van der Waals surface area contributed by atoms with Gasteiger partial charge in [0, 0.05) is 6.42 Å². The van der Waals surface area contributed by atoms with E-state index in [1.54, 1.807) is 5.38 Å². The van der Waals surface area contributed by atoms with Crippen LogP contribution in [0.2, 0.25) is 0 Å². The van der Waals surface area contributed by atoms with Crippen molar-refractivity contribution in [3.63, 3.8) is 0 Å². The number of aromatic carboxylic acids is 1. The smallest absolute Gasteiger partial charge is 0.337 e. The molecule has 0 radical (unpaired) electrons. The molecular weight excluding hydrogens is 188 g/mol. The summed E-state index contributed by atoms with van der Waals surface area (Å²) in [5.74, 6) is 4.42. The van der Waals surface area contributed by atoms with Crippen LogP contribution in [0.15, 0.2) is 11.4 Å². The Balaban J connectivity index is 2.84. The van der Waals surface area contributed by atoms with Crippen LogP contribution in [0.5, 0.6) is 0 Å². The topological polar surface area (TPSA) is 57.5 Å². The molecule has 13 heavy (non-hydrogen) atoms. The highest BCUT2D eigenvalue weighted by Crippen LogP contribution is 2.14. The Morgan fingerprint density at radius 3 is 3.00 bits per heavy atom. The van der Waals surface area contributed by atoms with Crippen molar-refractivity contribution in [2.24, 2.45) is 0 Å². The predicted octanol–water partition coefficient (Wildman–Crippen LogP) is 1.18. The van der Waals surface area contributed by atoms with Gasteiger partial charge in [0.1, 0.15) is 0 Å². The largest absolute Gasteiger partial charge is 0.478 e. The molecule has 1 rings (SSSR count). The summed E-state index contributed by atoms with van der Waals surface area (Å²) in [5.41, 5.74) is 0.232. The van der Waals surface area contributed by atoms with Crippen molar-refractivity contribution in [3.05, 3.63) is 21.9 Å². The summed E-state index contributed by atoms with van der Waals surface area (Å²) in [6, 6.07) is 1.52. The van der Waals surface area contributed by atoms with E-state index < -0.39 is 5.97 Å². The number of aliphatic hydroxyl groups excluding tert-OH is 1. The maximum Gasteiger partial charge on any atom is 0.337 e. The Labute approximate surface area is 79.6 Å². The monoisotopic (exact) mass is 196 g/mol. The third-order valence-electron chi connectivity index (χ3n) is 1.33. The highest BCUT2D eigenvalue weighted by atomic mass is 32.1. The molecule has 0 bridgehead atoms. The van der Waals surface area contributed by atoms with Crippen LogP contribution in [-0.4, -0.2) is 22.8 Å². The van der Waals surface area contributed by atoms with Crippen LogP contribution in [0.25, 0.3) is 0 Å². The highest BCUT2D eigenvalue weighted by Gasteiger charge is 2.08. The van der Waals surface area contributed by atoms with Gasteiger partial charge in [-0.3, -0.25) is 0 Å². The lowest BCUT2D eigenvalue weighted by atomic mass is 10.2. The molecule has 0 aromatic carbocycles. The van der Waals surface area contributed by atoms with Crippen molar-refractivity contribution >= 4 is 17.3 Å². The molecule has 0 unspecified atom stereocenters. The second-order valence-corrected chi connectivity index (χ2v) is 3.16. The zero-order chi connectivity index (χ0) is 9.68. The molecule has 0 aliphatic carbocycles. The molecule has 1 aromatic heterocycles. The molecule has 1 heterocycles. The molecule has 0 saturated carbocycles. The van der Waals surface area contributed by atoms with E-state index in [1.165, 1.54) is 17.4 Å². The van der Waals surface area contributed by atoms with Gasteiger partial charge in [0.05, 0.1) is 17.0 Å². The van der Waals surface area contributed by atoms with Crippen LogP contribution < -0.4 is 0 Å². The lowest BCUT2D eigenvalue weighted by molar-refractivity contribution is 0.0697. The Morgan fingerprint density at radius 1 is 1.62 bits per heavy atom. The Bertz CT molecular complexity index is 356. The summed E-state index contributed by atoms with van der Waals surface area (Å²) in [7, 11) is 0. The number of carboxylic acid groups (broad SMARTS) is 1. The number of hydrogen-bond acceptors (Lipinski definition) is 3. The summed E-state index contributed by atoms with van der Waals surface area (Å²) >= 11 is 1.29. The van der Waals surface area contributed by atoms with Crippen LogP contribution in [0.3, 0.4) is 0 Å². The van der Waals surface area contributed by atoms with E-state index in [4.69, 9.17) is 10.2 Å². The van der Waals surface area contributed by atoms with Crippen molar-refractivity contribution < 1.29 is 15.0 Å². The fraction of sp³-hybridized carbons (Fsp3) is 0.222. The normalized spacial score (nSPS) is 9.00. The van der Waals surface area contributed by atoms with Crippen molar-refractivity contribution in [1.82, 2.24) is 0 Å². The van der Waals surface area contributed by atoms with E-state index in [0.717, 1.165) is 0 Å². The lowest BCUT2D eigenvalue weighted by Crippen LogP contribution is -1.95. The van der Waals surface area contributed by atoms with Crippen molar-refractivity contribution in [2.75, 3.05) is 6.61 Å². The standard InChI is InChI=1S/C9H8O3S/c10-5-2-1-3-8-7(9(11)12)4-6-13-8/h4,6,10H,2,5H2,(H,11,12). The molecule has 0 amide bonds. The van der Waals surface area contributed by atoms with Crippen LogP contribution in [-0.2, 0) is 0 Å². The molecular formula is C9H8O3S. The highest BCUT2D eigenvalue weighted by molar-refractivity contribution is 7.10. The number of thiophene rings is 1. The number of carboxylic acids is 1. The molecule has 0 aliphatic rings. The lowest BCUT2D eigenvalue weighted by Gasteiger charge is -1.87. The molecule has 0 atom stereocenters. The predicted molar refractivity (Wildman–Crippen MR) is 49.9 cm³/mol. The Kier molecular flexibility index (Phi) is 3.50. The van der Waals surface area contributed by atoms with E-state index in [2.05, 4.69) is 11.8 Å². The van der Waals surface area contributed by atoms with E-state index in [-0.39, 0.29) is 12.2 Å². The average Bonchev–Trinajstić information content (AvgIpc) is 2.53. The molecule has 4 heteroatoms. The van der Waals surface area contributed by atoms with Gasteiger partial charge in [0.25, 0.3) is 0 Å². The quantitative estimate of drug-likeness (QED) is 0.698. The van der Waals surface area contributed by atoms with Gasteiger partial charge in [-0.25, -0.2) is 4.79 Å². The van der Waals surface area contributed by atoms with Crippen LogP contribution in [0.1, 0.15) is 21.7 Å². The Hall–Kier alpha value is -1.31. The molecule has 0 spiro atoms. The number of hydrogen-bond donors (Lipinski definition) is 2. The van der Waals surface area contributed by atoms with Crippen molar-refractivity contribution in [3.8, 4) is 11.8 Å². The molecule has 1 aromatic rings. The summed E-state index contributed by atoms with van der Waals surface area (Å²) in [6.45, 7) is 0.000774. The first-order valence-electron chi connectivity index (χ1n) is 3.66. The summed E-state index contributed by atoms with van der Waals surface area (Å²) in [6.07, 6.45) is 0.372. The number of aliphatic hydroxyl groups is 1. The number of carbonyl (C=O) groups is 1. The van der Waals surface area contributed by atoms with Gasteiger partial charge in [-0.2, -0.15) is 0 Å². The second-order valence-electron chi connectivity index (χ2n) is 2.24. The molecule has 0 fully saturated rings. The third kappa shape index (κ3) is 2.58. The van der Waals surface area contributed by atoms with Gasteiger partial charge in [0.2, 0.25) is 0 Å². The molecule has 0 aliphatic heterocycles. The summed E-state index contributed by atoms with van der Waals surface area (Å²) in [4.78, 5) is 11.1. The first kappa shape index (κ1) is 9.78. The van der Waals surface area contributed by atoms with Crippen molar-refractivity contribution in [1.29, 1.82) is 0 Å². The third-order valence-corrected chi connectivity index (χ3v) is 2.16. The minimum atomic E-state index is -0.963.